The third-order valence-electron chi connectivity index (χ3n) is 6.12. The van der Waals surface area contributed by atoms with E-state index in [4.69, 9.17) is 4.74 Å². The lowest BCUT2D eigenvalue weighted by atomic mass is 10.1. The highest BCUT2D eigenvalue weighted by molar-refractivity contribution is 7.89. The maximum absolute atomic E-state index is 14.1. The molecule has 0 unspecified atom stereocenters. The van der Waals surface area contributed by atoms with Crippen LogP contribution < -0.4 is 14.8 Å². The molecule has 174 valence electrons. The third kappa shape index (κ3) is 5.29. The van der Waals surface area contributed by atoms with Gasteiger partial charge in [0.1, 0.15) is 6.04 Å². The number of rotatable bonds is 11. The lowest BCUT2D eigenvalue weighted by molar-refractivity contribution is -0.120. The van der Waals surface area contributed by atoms with E-state index in [0.717, 1.165) is 12.8 Å². The molecular weight excluding hydrogens is 437 g/mol. The molecule has 1 atom stereocenters. The minimum atomic E-state index is -3.58. The van der Waals surface area contributed by atoms with Crippen LogP contribution in [0.5, 0.6) is 5.75 Å². The summed E-state index contributed by atoms with van der Waals surface area (Å²) in [6.07, 6.45) is 7.12. The van der Waals surface area contributed by atoms with Gasteiger partial charge in [0.2, 0.25) is 10.0 Å². The Hall–Kier alpha value is -2.46. The Balaban J connectivity index is 1.30. The van der Waals surface area contributed by atoms with Crippen molar-refractivity contribution >= 4 is 22.0 Å². The Morgan fingerprint density at radius 1 is 1.28 bits per heavy atom. The van der Waals surface area contributed by atoms with Crippen LogP contribution >= 0.6 is 0 Å². The minimum Gasteiger partial charge on any atom is -0.490 e. The van der Waals surface area contributed by atoms with Crippen LogP contribution in [0.2, 0.25) is 0 Å². The predicted molar refractivity (Wildman–Crippen MR) is 116 cm³/mol. The topological polar surface area (TPSA) is 105 Å². The van der Waals surface area contributed by atoms with Crippen molar-refractivity contribution in [3.05, 3.63) is 41.7 Å². The van der Waals surface area contributed by atoms with Gasteiger partial charge in [-0.2, -0.15) is 0 Å². The Labute approximate surface area is 187 Å². The molecule has 3 fully saturated rings. The first-order chi connectivity index (χ1) is 15.2. The highest BCUT2D eigenvalue weighted by atomic mass is 32.2. The second-order valence-corrected chi connectivity index (χ2v) is 10.6. The van der Waals surface area contributed by atoms with Crippen LogP contribution in [0.25, 0.3) is 0 Å². The van der Waals surface area contributed by atoms with Crippen molar-refractivity contribution < 1.29 is 27.1 Å². The molecule has 0 spiro atoms. The number of nitrogens with zero attached hydrogens (tertiary/aromatic N) is 1. The molecule has 1 saturated heterocycles. The Kier molecular flexibility index (Phi) is 6.26. The molecule has 2 N–H and O–H groups in total. The van der Waals surface area contributed by atoms with Gasteiger partial charge in [0.15, 0.2) is 11.6 Å². The number of imide groups is 1. The number of carbonyl (C=O) groups excluding carboxylic acids is 2. The number of carbonyl (C=O) groups is 2. The number of sulfonamides is 1. The molecule has 32 heavy (non-hydrogen) atoms. The first-order valence-corrected chi connectivity index (χ1v) is 12.6. The average molecular weight is 466 g/mol. The van der Waals surface area contributed by atoms with Crippen LogP contribution in [0.4, 0.5) is 9.18 Å². The molecule has 0 bridgehead atoms. The lowest BCUT2D eigenvalue weighted by Gasteiger charge is -2.19. The number of ether oxygens (including phenoxy) is 1. The Morgan fingerprint density at radius 2 is 2.03 bits per heavy atom. The van der Waals surface area contributed by atoms with E-state index in [1.54, 1.807) is 31.2 Å². The average Bonchev–Trinajstić information content (AvgIpc) is 3.65. The second-order valence-electron chi connectivity index (χ2n) is 8.79. The summed E-state index contributed by atoms with van der Waals surface area (Å²) in [5.74, 6) is -0.241. The smallest absolute Gasteiger partial charge is 0.325 e. The summed E-state index contributed by atoms with van der Waals surface area (Å²) in [5, 5.41) is 2.23. The Morgan fingerprint density at radius 3 is 2.66 bits per heavy atom. The number of benzene rings is 1. The number of hydrogen-bond acceptors (Lipinski definition) is 5. The van der Waals surface area contributed by atoms with Crippen LogP contribution in [0.1, 0.15) is 44.6 Å². The van der Waals surface area contributed by atoms with E-state index in [1.807, 2.05) is 0 Å². The molecule has 3 aliphatic rings. The summed E-state index contributed by atoms with van der Waals surface area (Å²) < 4.78 is 47.7. The van der Waals surface area contributed by atoms with Gasteiger partial charge in [-0.15, -0.1) is 0 Å². The quantitative estimate of drug-likeness (QED) is 0.386. The zero-order valence-corrected chi connectivity index (χ0v) is 18.8. The van der Waals surface area contributed by atoms with Crippen LogP contribution in [-0.4, -0.2) is 50.2 Å². The van der Waals surface area contributed by atoms with E-state index in [9.17, 15) is 22.4 Å². The zero-order valence-electron chi connectivity index (χ0n) is 18.0. The van der Waals surface area contributed by atoms with Gasteiger partial charge >= 0.3 is 6.03 Å². The van der Waals surface area contributed by atoms with E-state index < -0.39 is 33.5 Å². The van der Waals surface area contributed by atoms with Crippen molar-refractivity contribution in [2.45, 2.75) is 50.6 Å². The molecule has 10 heteroatoms. The fraction of sp³-hybridized carbons (Fsp3) is 0.545. The molecule has 1 aromatic carbocycles. The van der Waals surface area contributed by atoms with Crippen LogP contribution in [0.3, 0.4) is 0 Å². The van der Waals surface area contributed by atoms with Crippen molar-refractivity contribution in [3.8, 4) is 5.75 Å². The van der Waals surface area contributed by atoms with E-state index >= 15 is 0 Å². The molecule has 0 radical (unpaired) electrons. The molecule has 1 heterocycles. The molecule has 8 nitrogen and oxygen atoms in total. The van der Waals surface area contributed by atoms with Gasteiger partial charge in [-0.25, -0.2) is 22.3 Å². The van der Waals surface area contributed by atoms with E-state index in [1.165, 1.54) is 11.0 Å². The first-order valence-electron chi connectivity index (χ1n) is 10.9. The van der Waals surface area contributed by atoms with Gasteiger partial charge < -0.3 is 9.64 Å². The second kappa shape index (κ2) is 8.82. The number of amides is 3. The van der Waals surface area contributed by atoms with Crippen molar-refractivity contribution in [2.24, 2.45) is 5.92 Å². The summed E-state index contributed by atoms with van der Waals surface area (Å²) in [7, 11) is -3.58. The van der Waals surface area contributed by atoms with Gasteiger partial charge in [-0.1, -0.05) is 18.2 Å². The lowest BCUT2D eigenvalue weighted by Crippen LogP contribution is -2.36. The van der Waals surface area contributed by atoms with Crippen molar-refractivity contribution in [1.82, 2.24) is 14.9 Å². The van der Waals surface area contributed by atoms with Crippen LogP contribution in [0, 0.1) is 11.7 Å². The molecular formula is C22H28FN3O5S. The number of halogens is 1. The number of nitrogens with one attached hydrogen (secondary N) is 2. The maximum Gasteiger partial charge on any atom is 0.325 e. The van der Waals surface area contributed by atoms with Crippen molar-refractivity contribution in [3.63, 3.8) is 0 Å². The fourth-order valence-corrected chi connectivity index (χ4v) is 5.16. The summed E-state index contributed by atoms with van der Waals surface area (Å²) in [4.78, 5) is 24.5. The van der Waals surface area contributed by atoms with Gasteiger partial charge in [0.25, 0.3) is 5.91 Å². The largest absolute Gasteiger partial charge is 0.490 e. The van der Waals surface area contributed by atoms with Crippen LogP contribution in [0.15, 0.2) is 30.4 Å². The van der Waals surface area contributed by atoms with Gasteiger partial charge in [-0.05, 0) is 62.6 Å². The molecule has 1 aliphatic heterocycles. The van der Waals surface area contributed by atoms with Crippen molar-refractivity contribution in [1.29, 1.82) is 0 Å². The highest BCUT2D eigenvalue weighted by Gasteiger charge is 2.47. The van der Waals surface area contributed by atoms with Gasteiger partial charge in [0.05, 0.1) is 17.9 Å². The molecule has 4 rings (SSSR count). The summed E-state index contributed by atoms with van der Waals surface area (Å²) in [6, 6.07) is 3.56. The minimum absolute atomic E-state index is 0.113. The monoisotopic (exact) mass is 465 g/mol. The summed E-state index contributed by atoms with van der Waals surface area (Å²) in [6.45, 7) is 2.35. The molecule has 1 aromatic rings. The zero-order chi connectivity index (χ0) is 22.9. The molecule has 0 aromatic heterocycles. The van der Waals surface area contributed by atoms with E-state index in [0.29, 0.717) is 30.9 Å². The number of urea groups is 1. The molecule has 3 amide bonds. The van der Waals surface area contributed by atoms with E-state index in [2.05, 4.69) is 10.0 Å². The molecule has 2 saturated carbocycles. The molecule has 2 aliphatic carbocycles. The predicted octanol–water partition coefficient (Wildman–Crippen LogP) is 2.41. The Bertz CT molecular complexity index is 1030. The van der Waals surface area contributed by atoms with Gasteiger partial charge in [-0.3, -0.25) is 10.1 Å². The number of allylic oxidation sites excluding steroid dienone is 1. The number of hydrogen-bond donors (Lipinski definition) is 2. The summed E-state index contributed by atoms with van der Waals surface area (Å²) in [5.41, 5.74) is -0.000279. The fourth-order valence-electron chi connectivity index (χ4n) is 3.70. The SMILES string of the molecule is C[C@H]1C(=O)NC(=O)N1C/C=C/CCS(=O)(=O)NC1(c2ccc(F)c(OCC3CC3)c2)CC1. The first kappa shape index (κ1) is 22.7. The van der Waals surface area contributed by atoms with Crippen molar-refractivity contribution in [2.75, 3.05) is 18.9 Å². The normalized spacial score (nSPS) is 22.4. The van der Waals surface area contributed by atoms with E-state index in [-0.39, 0.29) is 30.4 Å². The maximum atomic E-state index is 14.1. The standard InChI is InChI=1S/C22H28FN3O5S/c1-15-20(27)24-21(28)26(15)11-3-2-4-12-32(29,30)25-22(9-10-22)17-7-8-18(23)19(13-17)31-14-16-5-6-16/h2-3,7-8,13,15-16,25H,4-6,9-12,14H2,1H3,(H,24,27,28)/b3-2+/t15-/m0/s1. The van der Waals surface area contributed by atoms with Crippen LogP contribution in [-0.2, 0) is 20.4 Å². The highest BCUT2D eigenvalue weighted by Crippen LogP contribution is 2.47. The third-order valence-corrected chi connectivity index (χ3v) is 7.59. The van der Waals surface area contributed by atoms with Gasteiger partial charge in [0, 0.05) is 6.54 Å². The summed E-state index contributed by atoms with van der Waals surface area (Å²) >= 11 is 0.